The first kappa shape index (κ1) is 21.2. The number of hydrogen-bond acceptors (Lipinski definition) is 3. The highest BCUT2D eigenvalue weighted by molar-refractivity contribution is 7.89. The Hall–Kier alpha value is -1.47. The number of halogens is 1. The molecular weight excluding hydrogens is 379 g/mol. The van der Waals surface area contributed by atoms with Crippen LogP contribution < -0.4 is 4.72 Å². The van der Waals surface area contributed by atoms with Crippen molar-refractivity contribution in [1.29, 1.82) is 0 Å². The second-order valence-corrected chi connectivity index (χ2v) is 10.0. The molecule has 156 valence electrons. The summed E-state index contributed by atoms with van der Waals surface area (Å²) in [5.41, 5.74) is 0.338. The molecule has 1 aromatic rings. The molecule has 1 N–H and O–H groups in total. The summed E-state index contributed by atoms with van der Waals surface area (Å²) in [5, 5.41) is 0. The molecule has 0 bridgehead atoms. The summed E-state index contributed by atoms with van der Waals surface area (Å²) >= 11 is 0. The Labute approximate surface area is 167 Å². The number of rotatable bonds is 6. The number of hydrogen-bond donors (Lipinski definition) is 1. The molecule has 0 atom stereocenters. The highest BCUT2D eigenvalue weighted by atomic mass is 32.2. The minimum atomic E-state index is -3.24. The number of carbonyl (C=O) groups excluding carboxylic acids is 1. The quantitative estimate of drug-likeness (QED) is 0.782. The van der Waals surface area contributed by atoms with Crippen LogP contribution in [0.15, 0.2) is 24.3 Å². The van der Waals surface area contributed by atoms with Crippen molar-refractivity contribution in [3.63, 3.8) is 0 Å². The Morgan fingerprint density at radius 2 is 1.75 bits per heavy atom. The Bertz CT molecular complexity index is 765. The van der Waals surface area contributed by atoms with Crippen molar-refractivity contribution >= 4 is 15.9 Å². The van der Waals surface area contributed by atoms with Gasteiger partial charge in [-0.2, -0.15) is 0 Å². The average molecular weight is 411 g/mol. The molecule has 1 heterocycles. The molecule has 7 heteroatoms. The molecular formula is C21H31FN2O3S. The van der Waals surface area contributed by atoms with Gasteiger partial charge in [0.25, 0.3) is 0 Å². The van der Waals surface area contributed by atoms with Crippen LogP contribution in [0.1, 0.15) is 63.9 Å². The molecule has 2 aliphatic rings. The van der Waals surface area contributed by atoms with Crippen molar-refractivity contribution < 1.29 is 17.6 Å². The van der Waals surface area contributed by atoms with E-state index in [0.29, 0.717) is 32.4 Å². The molecule has 0 spiro atoms. The maximum atomic E-state index is 13.5. The monoisotopic (exact) mass is 410 g/mol. The third-order valence-corrected chi connectivity index (χ3v) is 7.75. The van der Waals surface area contributed by atoms with E-state index in [1.807, 2.05) is 11.8 Å². The molecule has 0 radical (unpaired) electrons. The standard InChI is InChI=1S/C21H31FN2O3S/c1-2-16-28(26,27)23-19-10-14-24(15-11-19)20(25)21(12-4-3-5-13-21)17-6-8-18(22)9-7-17/h6-9,19,23H,2-5,10-16H2,1H3. The maximum Gasteiger partial charge on any atom is 0.233 e. The summed E-state index contributed by atoms with van der Waals surface area (Å²) in [4.78, 5) is 15.4. The number of amides is 1. The first-order chi connectivity index (χ1) is 13.4. The van der Waals surface area contributed by atoms with Crippen LogP contribution in [-0.4, -0.2) is 44.1 Å². The summed E-state index contributed by atoms with van der Waals surface area (Å²) in [6, 6.07) is 6.28. The molecule has 1 saturated carbocycles. The van der Waals surface area contributed by atoms with Gasteiger partial charge < -0.3 is 4.90 Å². The number of benzene rings is 1. The van der Waals surface area contributed by atoms with E-state index in [1.165, 1.54) is 12.1 Å². The van der Waals surface area contributed by atoms with Gasteiger partial charge in [-0.25, -0.2) is 17.5 Å². The Morgan fingerprint density at radius 1 is 1.14 bits per heavy atom. The molecule has 1 aliphatic carbocycles. The van der Waals surface area contributed by atoms with Crippen molar-refractivity contribution in [2.24, 2.45) is 0 Å². The van der Waals surface area contributed by atoms with E-state index in [0.717, 1.165) is 37.7 Å². The number of nitrogens with one attached hydrogen (secondary N) is 1. The second-order valence-electron chi connectivity index (χ2n) is 8.15. The average Bonchev–Trinajstić information content (AvgIpc) is 2.68. The third-order valence-electron chi connectivity index (χ3n) is 6.11. The number of piperidine rings is 1. The lowest BCUT2D eigenvalue weighted by atomic mass is 9.68. The van der Waals surface area contributed by atoms with Gasteiger partial charge in [0.1, 0.15) is 5.82 Å². The third kappa shape index (κ3) is 4.74. The maximum absolute atomic E-state index is 13.5. The SMILES string of the molecule is CCCS(=O)(=O)NC1CCN(C(=O)C2(c3ccc(F)cc3)CCCCC2)CC1. The zero-order chi connectivity index (χ0) is 20.2. The van der Waals surface area contributed by atoms with Gasteiger partial charge in [0.15, 0.2) is 0 Å². The van der Waals surface area contributed by atoms with Crippen LogP contribution in [0.2, 0.25) is 0 Å². The van der Waals surface area contributed by atoms with Crippen LogP contribution in [-0.2, 0) is 20.2 Å². The van der Waals surface area contributed by atoms with Gasteiger partial charge in [-0.15, -0.1) is 0 Å². The number of sulfonamides is 1. The zero-order valence-corrected chi connectivity index (χ0v) is 17.4. The lowest BCUT2D eigenvalue weighted by Gasteiger charge is -2.42. The fraction of sp³-hybridized carbons (Fsp3) is 0.667. The topological polar surface area (TPSA) is 66.5 Å². The molecule has 1 saturated heterocycles. The summed E-state index contributed by atoms with van der Waals surface area (Å²) in [6.45, 7) is 2.96. The molecule has 1 amide bonds. The van der Waals surface area contributed by atoms with E-state index in [1.54, 1.807) is 12.1 Å². The zero-order valence-electron chi connectivity index (χ0n) is 16.6. The van der Waals surface area contributed by atoms with Gasteiger partial charge in [0.2, 0.25) is 15.9 Å². The van der Waals surface area contributed by atoms with Crippen molar-refractivity contribution in [2.75, 3.05) is 18.8 Å². The molecule has 3 rings (SSSR count). The first-order valence-electron chi connectivity index (χ1n) is 10.4. The highest BCUT2D eigenvalue weighted by Gasteiger charge is 2.44. The molecule has 5 nitrogen and oxygen atoms in total. The van der Waals surface area contributed by atoms with Gasteiger partial charge in [-0.1, -0.05) is 38.3 Å². The highest BCUT2D eigenvalue weighted by Crippen LogP contribution is 2.41. The molecule has 1 aliphatic heterocycles. The van der Waals surface area contributed by atoms with Crippen LogP contribution >= 0.6 is 0 Å². The number of carbonyl (C=O) groups is 1. The fourth-order valence-electron chi connectivity index (χ4n) is 4.63. The summed E-state index contributed by atoms with van der Waals surface area (Å²) in [6.07, 6.45) is 6.56. The van der Waals surface area contributed by atoms with Crippen molar-refractivity contribution in [1.82, 2.24) is 9.62 Å². The minimum Gasteiger partial charge on any atom is -0.342 e. The van der Waals surface area contributed by atoms with E-state index < -0.39 is 15.4 Å². The first-order valence-corrected chi connectivity index (χ1v) is 12.1. The van der Waals surface area contributed by atoms with Gasteiger partial charge in [-0.05, 0) is 49.8 Å². The molecule has 28 heavy (non-hydrogen) atoms. The van der Waals surface area contributed by atoms with Gasteiger partial charge >= 0.3 is 0 Å². The largest absolute Gasteiger partial charge is 0.342 e. The number of likely N-dealkylation sites (tertiary alicyclic amines) is 1. The minimum absolute atomic E-state index is 0.103. The van der Waals surface area contributed by atoms with E-state index >= 15 is 0 Å². The Morgan fingerprint density at radius 3 is 2.32 bits per heavy atom. The predicted octanol–water partition coefficient (Wildman–Crippen LogP) is 3.35. The van der Waals surface area contributed by atoms with Crippen molar-refractivity contribution in [2.45, 2.75) is 69.7 Å². The van der Waals surface area contributed by atoms with Gasteiger partial charge in [0, 0.05) is 19.1 Å². The molecule has 0 aromatic heterocycles. The van der Waals surface area contributed by atoms with Crippen LogP contribution in [0.25, 0.3) is 0 Å². The van der Waals surface area contributed by atoms with Gasteiger partial charge in [-0.3, -0.25) is 4.79 Å². The second kappa shape index (κ2) is 8.91. The van der Waals surface area contributed by atoms with Crippen molar-refractivity contribution in [3.8, 4) is 0 Å². The van der Waals surface area contributed by atoms with Crippen LogP contribution in [0.4, 0.5) is 4.39 Å². The lowest BCUT2D eigenvalue weighted by Crippen LogP contribution is -2.53. The van der Waals surface area contributed by atoms with Crippen LogP contribution in [0.3, 0.4) is 0 Å². The molecule has 1 aromatic carbocycles. The predicted molar refractivity (Wildman–Crippen MR) is 108 cm³/mol. The fourth-order valence-corrected chi connectivity index (χ4v) is 6.03. The Kier molecular flexibility index (Phi) is 6.76. The van der Waals surface area contributed by atoms with Crippen LogP contribution in [0, 0.1) is 5.82 Å². The summed E-state index contributed by atoms with van der Waals surface area (Å²) < 4.78 is 40.2. The Balaban J connectivity index is 1.70. The summed E-state index contributed by atoms with van der Waals surface area (Å²) in [5.74, 6) is -0.0316. The van der Waals surface area contributed by atoms with Gasteiger partial charge in [0.05, 0.1) is 11.2 Å². The molecule has 2 fully saturated rings. The molecule has 0 unspecified atom stereocenters. The summed E-state index contributed by atoms with van der Waals surface area (Å²) in [7, 11) is -3.24. The lowest BCUT2D eigenvalue weighted by molar-refractivity contribution is -0.140. The van der Waals surface area contributed by atoms with E-state index in [2.05, 4.69) is 4.72 Å². The smallest absolute Gasteiger partial charge is 0.233 e. The van der Waals surface area contributed by atoms with Crippen LogP contribution in [0.5, 0.6) is 0 Å². The van der Waals surface area contributed by atoms with E-state index in [4.69, 9.17) is 0 Å². The van der Waals surface area contributed by atoms with Crippen molar-refractivity contribution in [3.05, 3.63) is 35.6 Å². The number of nitrogens with zero attached hydrogens (tertiary/aromatic N) is 1. The normalized spacial score (nSPS) is 20.9. The van der Waals surface area contributed by atoms with E-state index in [-0.39, 0.29) is 23.5 Å². The van der Waals surface area contributed by atoms with E-state index in [9.17, 15) is 17.6 Å².